The summed E-state index contributed by atoms with van der Waals surface area (Å²) in [5.41, 5.74) is 0. The summed E-state index contributed by atoms with van der Waals surface area (Å²) in [6.45, 7) is 7.45. The second-order valence-corrected chi connectivity index (χ2v) is 3.42. The fourth-order valence-electron chi connectivity index (χ4n) is 1.87. The van der Waals surface area contributed by atoms with Crippen LogP contribution in [0.2, 0.25) is 0 Å². The summed E-state index contributed by atoms with van der Waals surface area (Å²) in [7, 11) is 0. The van der Waals surface area contributed by atoms with Crippen molar-refractivity contribution in [1.82, 2.24) is 9.80 Å². The van der Waals surface area contributed by atoms with Gasteiger partial charge in [-0.2, -0.15) is 0 Å². The Labute approximate surface area is 79.1 Å². The number of likely N-dealkylation sites (N-methyl/N-ethyl adjacent to an activating group) is 1. The van der Waals surface area contributed by atoms with E-state index in [2.05, 4.69) is 18.7 Å². The number of carboxylic acid groups (broad SMARTS) is 1. The Hall–Kier alpha value is -0.770. The zero-order valence-corrected chi connectivity index (χ0v) is 8.36. The molecule has 0 aromatic carbocycles. The maximum atomic E-state index is 10.7. The smallest absolute Gasteiger partial charge is 0.407 e. The highest BCUT2D eigenvalue weighted by Crippen LogP contribution is 2.12. The van der Waals surface area contributed by atoms with E-state index in [1.807, 2.05) is 0 Å². The van der Waals surface area contributed by atoms with Crippen LogP contribution in [0.3, 0.4) is 0 Å². The van der Waals surface area contributed by atoms with Crippen LogP contribution >= 0.6 is 0 Å². The van der Waals surface area contributed by atoms with Gasteiger partial charge in [-0.1, -0.05) is 13.8 Å². The van der Waals surface area contributed by atoms with Crippen LogP contribution in [0.15, 0.2) is 0 Å². The number of rotatable bonds is 2. The lowest BCUT2D eigenvalue weighted by atomic mass is 10.1. The van der Waals surface area contributed by atoms with Gasteiger partial charge in [-0.25, -0.2) is 4.79 Å². The van der Waals surface area contributed by atoms with E-state index in [0.717, 1.165) is 19.5 Å². The molecule has 1 amide bonds. The van der Waals surface area contributed by atoms with E-state index < -0.39 is 6.09 Å². The van der Waals surface area contributed by atoms with E-state index in [0.29, 0.717) is 19.1 Å². The van der Waals surface area contributed by atoms with Gasteiger partial charge in [0.2, 0.25) is 0 Å². The highest BCUT2D eigenvalue weighted by Gasteiger charge is 2.26. The number of carbonyl (C=O) groups is 1. The molecule has 1 unspecified atom stereocenters. The molecule has 1 atom stereocenters. The molecule has 0 saturated carbocycles. The molecule has 0 aromatic heterocycles. The number of hydrogen-bond acceptors (Lipinski definition) is 2. The third kappa shape index (κ3) is 2.34. The monoisotopic (exact) mass is 186 g/mol. The number of hydrogen-bond donors (Lipinski definition) is 1. The van der Waals surface area contributed by atoms with Crippen LogP contribution in [0, 0.1) is 0 Å². The lowest BCUT2D eigenvalue weighted by Gasteiger charge is -2.39. The van der Waals surface area contributed by atoms with Crippen LogP contribution in [0.5, 0.6) is 0 Å². The minimum absolute atomic E-state index is 0.412. The fraction of sp³-hybridized carbons (Fsp3) is 0.889. The Morgan fingerprint density at radius 1 is 1.46 bits per heavy atom. The maximum Gasteiger partial charge on any atom is 0.407 e. The van der Waals surface area contributed by atoms with E-state index in [1.165, 1.54) is 4.90 Å². The molecule has 1 N–H and O–H groups in total. The zero-order chi connectivity index (χ0) is 9.84. The Kier molecular flexibility index (Phi) is 3.54. The first-order chi connectivity index (χ1) is 6.19. The summed E-state index contributed by atoms with van der Waals surface area (Å²) in [5, 5.41) is 8.82. The lowest BCUT2D eigenvalue weighted by Crippen LogP contribution is -2.54. The van der Waals surface area contributed by atoms with Gasteiger partial charge in [-0.3, -0.25) is 4.90 Å². The Morgan fingerprint density at radius 2 is 2.15 bits per heavy atom. The Morgan fingerprint density at radius 3 is 2.62 bits per heavy atom. The van der Waals surface area contributed by atoms with Crippen molar-refractivity contribution in [3.05, 3.63) is 0 Å². The standard InChI is InChI=1S/C9H18N2O2/c1-3-8-7-11(9(12)13)6-5-10(8)4-2/h8H,3-7H2,1-2H3,(H,12,13). The summed E-state index contributed by atoms with van der Waals surface area (Å²) in [6.07, 6.45) is 0.242. The normalized spacial score (nSPS) is 24.8. The second-order valence-electron chi connectivity index (χ2n) is 3.42. The van der Waals surface area contributed by atoms with Crippen LogP contribution in [0.25, 0.3) is 0 Å². The minimum Gasteiger partial charge on any atom is -0.465 e. The molecule has 1 aliphatic rings. The molecule has 1 aliphatic heterocycles. The summed E-state index contributed by atoms with van der Waals surface area (Å²) < 4.78 is 0. The average molecular weight is 186 g/mol. The Balaban J connectivity index is 2.52. The van der Waals surface area contributed by atoms with Gasteiger partial charge < -0.3 is 10.0 Å². The predicted octanol–water partition coefficient (Wildman–Crippen LogP) is 1.08. The van der Waals surface area contributed by atoms with Crippen molar-refractivity contribution in [2.24, 2.45) is 0 Å². The highest BCUT2D eigenvalue weighted by atomic mass is 16.4. The summed E-state index contributed by atoms with van der Waals surface area (Å²) in [4.78, 5) is 14.6. The van der Waals surface area contributed by atoms with E-state index in [1.54, 1.807) is 0 Å². The molecule has 76 valence electrons. The minimum atomic E-state index is -0.783. The highest BCUT2D eigenvalue weighted by molar-refractivity contribution is 5.65. The van der Waals surface area contributed by atoms with Gasteiger partial charge in [0.15, 0.2) is 0 Å². The van der Waals surface area contributed by atoms with Crippen molar-refractivity contribution in [2.45, 2.75) is 26.3 Å². The third-order valence-electron chi connectivity index (χ3n) is 2.75. The molecule has 1 rings (SSSR count). The molecule has 0 spiro atoms. The second kappa shape index (κ2) is 4.46. The SMILES string of the molecule is CCC1CN(C(=O)O)CCN1CC. The topological polar surface area (TPSA) is 43.8 Å². The first-order valence-corrected chi connectivity index (χ1v) is 4.91. The van der Waals surface area contributed by atoms with Crippen LogP contribution < -0.4 is 0 Å². The molecule has 1 saturated heterocycles. The number of amides is 1. The van der Waals surface area contributed by atoms with Gasteiger partial charge in [0.25, 0.3) is 0 Å². The van der Waals surface area contributed by atoms with Crippen LogP contribution in [0.4, 0.5) is 4.79 Å². The van der Waals surface area contributed by atoms with Gasteiger partial charge in [-0.15, -0.1) is 0 Å². The van der Waals surface area contributed by atoms with Crippen molar-refractivity contribution in [2.75, 3.05) is 26.2 Å². The molecule has 0 aliphatic carbocycles. The van der Waals surface area contributed by atoms with Crippen LogP contribution in [-0.2, 0) is 0 Å². The van der Waals surface area contributed by atoms with E-state index in [9.17, 15) is 4.79 Å². The molecule has 4 nitrogen and oxygen atoms in total. The van der Waals surface area contributed by atoms with Crippen molar-refractivity contribution in [3.8, 4) is 0 Å². The first-order valence-electron chi connectivity index (χ1n) is 4.91. The van der Waals surface area contributed by atoms with E-state index in [4.69, 9.17) is 5.11 Å². The maximum absolute atomic E-state index is 10.7. The zero-order valence-electron chi connectivity index (χ0n) is 8.36. The van der Waals surface area contributed by atoms with Crippen molar-refractivity contribution in [1.29, 1.82) is 0 Å². The quantitative estimate of drug-likeness (QED) is 0.701. The van der Waals surface area contributed by atoms with Crippen molar-refractivity contribution >= 4 is 6.09 Å². The van der Waals surface area contributed by atoms with Gasteiger partial charge in [-0.05, 0) is 13.0 Å². The van der Waals surface area contributed by atoms with E-state index in [-0.39, 0.29) is 0 Å². The molecule has 4 heteroatoms. The summed E-state index contributed by atoms with van der Waals surface area (Å²) >= 11 is 0. The van der Waals surface area contributed by atoms with Gasteiger partial charge in [0.05, 0.1) is 0 Å². The molecule has 0 bridgehead atoms. The Bertz CT molecular complexity index is 184. The summed E-state index contributed by atoms with van der Waals surface area (Å²) in [6, 6.07) is 0.412. The summed E-state index contributed by atoms with van der Waals surface area (Å²) in [5.74, 6) is 0. The van der Waals surface area contributed by atoms with Crippen molar-refractivity contribution in [3.63, 3.8) is 0 Å². The van der Waals surface area contributed by atoms with E-state index >= 15 is 0 Å². The van der Waals surface area contributed by atoms with Gasteiger partial charge in [0, 0.05) is 25.7 Å². The first kappa shape index (κ1) is 10.3. The lowest BCUT2D eigenvalue weighted by molar-refractivity contribution is 0.0703. The van der Waals surface area contributed by atoms with Crippen LogP contribution in [0.1, 0.15) is 20.3 Å². The molecular formula is C9H18N2O2. The molecule has 0 radical (unpaired) electrons. The predicted molar refractivity (Wildman–Crippen MR) is 50.9 cm³/mol. The van der Waals surface area contributed by atoms with Gasteiger partial charge >= 0.3 is 6.09 Å². The molecule has 1 fully saturated rings. The molecule has 13 heavy (non-hydrogen) atoms. The fourth-order valence-corrected chi connectivity index (χ4v) is 1.87. The number of nitrogens with zero attached hydrogens (tertiary/aromatic N) is 2. The molecule has 0 aromatic rings. The van der Waals surface area contributed by atoms with Crippen molar-refractivity contribution < 1.29 is 9.90 Å². The third-order valence-corrected chi connectivity index (χ3v) is 2.75. The molecular weight excluding hydrogens is 168 g/mol. The largest absolute Gasteiger partial charge is 0.465 e. The number of piperazine rings is 1. The average Bonchev–Trinajstić information content (AvgIpc) is 2.16. The van der Waals surface area contributed by atoms with Gasteiger partial charge in [0.1, 0.15) is 0 Å². The molecule has 1 heterocycles. The van der Waals surface area contributed by atoms with Crippen LogP contribution in [-0.4, -0.2) is 53.2 Å².